The molecule has 0 unspecified atom stereocenters. The maximum Gasteiger partial charge on any atom is 0.416 e. The topological polar surface area (TPSA) is 75.5 Å². The minimum Gasteiger partial charge on any atom is -0.356 e. The van der Waals surface area contributed by atoms with Crippen molar-refractivity contribution in [1.29, 1.82) is 0 Å². The van der Waals surface area contributed by atoms with Crippen molar-refractivity contribution in [3.8, 4) is 11.3 Å². The second-order valence-electron chi connectivity index (χ2n) is 8.65. The number of piperidine rings is 1. The molecule has 10 heteroatoms. The van der Waals surface area contributed by atoms with Crippen LogP contribution in [-0.2, 0) is 6.18 Å². The summed E-state index contributed by atoms with van der Waals surface area (Å²) in [5, 5.41) is 7.83. The molecular formula is C23H24F3N7. The Kier molecular flexibility index (Phi) is 5.30. The number of rotatable bonds is 4. The molecule has 4 heterocycles. The number of aromatic amines is 1. The standard InChI is InChI=1S/C23H24F3N7/c1-14(2)33-12-19(16-4-3-5-17(10-16)23(24,25)26)30-21(33)15-6-8-32(9-7-15)22-18-11-29-31-20(18)27-13-28-22/h3-5,10-15H,6-9H2,1-2H3,(H,27,28,29,31). The van der Waals surface area contributed by atoms with E-state index in [0.717, 1.165) is 49.0 Å². The van der Waals surface area contributed by atoms with Crippen LogP contribution >= 0.6 is 0 Å². The Morgan fingerprint density at radius 3 is 2.64 bits per heavy atom. The van der Waals surface area contributed by atoms with Gasteiger partial charge in [-0.1, -0.05) is 12.1 Å². The SMILES string of the molecule is CC(C)n1cc(-c2cccc(C(F)(F)F)c2)nc1C1CCN(c2ncnc3[nH]ncc23)CC1. The molecule has 1 fully saturated rings. The van der Waals surface area contributed by atoms with Crippen molar-refractivity contribution >= 4 is 16.9 Å². The molecule has 1 saturated heterocycles. The lowest BCUT2D eigenvalue weighted by molar-refractivity contribution is -0.137. The molecular weight excluding hydrogens is 431 g/mol. The number of hydrogen-bond donors (Lipinski definition) is 1. The normalized spacial score (nSPS) is 15.6. The molecule has 0 bridgehead atoms. The molecule has 0 spiro atoms. The van der Waals surface area contributed by atoms with Crippen molar-refractivity contribution in [2.24, 2.45) is 0 Å². The number of nitrogens with one attached hydrogen (secondary N) is 1. The van der Waals surface area contributed by atoms with Crippen LogP contribution in [0.1, 0.15) is 50.0 Å². The molecule has 4 aromatic rings. The second-order valence-corrected chi connectivity index (χ2v) is 8.65. The molecule has 5 rings (SSSR count). The van der Waals surface area contributed by atoms with Gasteiger partial charge in [0.2, 0.25) is 0 Å². The quantitative estimate of drug-likeness (QED) is 0.458. The van der Waals surface area contributed by atoms with Crippen molar-refractivity contribution in [2.45, 2.75) is 44.8 Å². The van der Waals surface area contributed by atoms with Crippen molar-refractivity contribution in [1.82, 2.24) is 29.7 Å². The second kappa shape index (κ2) is 8.17. The lowest BCUT2D eigenvalue weighted by atomic mass is 9.95. The maximum absolute atomic E-state index is 13.2. The Balaban J connectivity index is 1.40. The largest absolute Gasteiger partial charge is 0.416 e. The summed E-state index contributed by atoms with van der Waals surface area (Å²) < 4.78 is 41.7. The molecule has 3 aromatic heterocycles. The van der Waals surface area contributed by atoms with E-state index in [1.165, 1.54) is 18.5 Å². The average molecular weight is 455 g/mol. The zero-order valence-corrected chi connectivity index (χ0v) is 18.3. The third-order valence-electron chi connectivity index (χ3n) is 6.19. The fourth-order valence-corrected chi connectivity index (χ4v) is 4.47. The van der Waals surface area contributed by atoms with Crippen LogP contribution in [0.15, 0.2) is 43.0 Å². The fraction of sp³-hybridized carbons (Fsp3) is 0.391. The lowest BCUT2D eigenvalue weighted by Gasteiger charge is -2.33. The van der Waals surface area contributed by atoms with Gasteiger partial charge in [-0.05, 0) is 38.8 Å². The molecule has 7 nitrogen and oxygen atoms in total. The number of imidazole rings is 1. The number of fused-ring (bicyclic) bond motifs is 1. The first-order valence-corrected chi connectivity index (χ1v) is 11.0. The van der Waals surface area contributed by atoms with Gasteiger partial charge in [-0.15, -0.1) is 0 Å². The van der Waals surface area contributed by atoms with E-state index in [1.807, 2.05) is 6.20 Å². The molecule has 1 N–H and O–H groups in total. The highest BCUT2D eigenvalue weighted by Crippen LogP contribution is 2.36. The van der Waals surface area contributed by atoms with E-state index in [0.29, 0.717) is 16.9 Å². The molecule has 1 aromatic carbocycles. The molecule has 1 aliphatic rings. The third kappa shape index (κ3) is 4.05. The van der Waals surface area contributed by atoms with Crippen LogP contribution in [-0.4, -0.2) is 42.8 Å². The molecule has 33 heavy (non-hydrogen) atoms. The number of benzene rings is 1. The molecule has 0 amide bonds. The number of H-pyrrole nitrogens is 1. The van der Waals surface area contributed by atoms with Crippen LogP contribution in [0.2, 0.25) is 0 Å². The van der Waals surface area contributed by atoms with Gasteiger partial charge >= 0.3 is 6.18 Å². The highest BCUT2D eigenvalue weighted by molar-refractivity contribution is 5.86. The molecule has 1 aliphatic heterocycles. The molecule has 0 saturated carbocycles. The van der Waals surface area contributed by atoms with Gasteiger partial charge in [0.15, 0.2) is 5.65 Å². The highest BCUT2D eigenvalue weighted by Gasteiger charge is 2.31. The summed E-state index contributed by atoms with van der Waals surface area (Å²) in [5.74, 6) is 2.00. The van der Waals surface area contributed by atoms with E-state index in [2.05, 4.69) is 43.5 Å². The first kappa shape index (κ1) is 21.4. The van der Waals surface area contributed by atoms with Crippen molar-refractivity contribution in [2.75, 3.05) is 18.0 Å². The number of anilines is 1. The first-order chi connectivity index (χ1) is 15.8. The van der Waals surface area contributed by atoms with Gasteiger partial charge in [0.1, 0.15) is 18.0 Å². The van der Waals surface area contributed by atoms with Gasteiger partial charge in [-0.3, -0.25) is 5.10 Å². The van der Waals surface area contributed by atoms with Gasteiger partial charge in [0, 0.05) is 36.8 Å². The predicted molar refractivity (Wildman–Crippen MR) is 119 cm³/mol. The Morgan fingerprint density at radius 1 is 1.12 bits per heavy atom. The van der Waals surface area contributed by atoms with Crippen molar-refractivity contribution in [3.05, 3.63) is 54.4 Å². The number of halogens is 3. The summed E-state index contributed by atoms with van der Waals surface area (Å²) in [6.45, 7) is 5.72. The van der Waals surface area contributed by atoms with Gasteiger partial charge in [-0.25, -0.2) is 15.0 Å². The van der Waals surface area contributed by atoms with E-state index < -0.39 is 11.7 Å². The van der Waals surface area contributed by atoms with Crippen LogP contribution in [0.4, 0.5) is 19.0 Å². The van der Waals surface area contributed by atoms with E-state index in [1.54, 1.807) is 12.3 Å². The van der Waals surface area contributed by atoms with Crippen LogP contribution in [0.5, 0.6) is 0 Å². The number of alkyl halides is 3. The first-order valence-electron chi connectivity index (χ1n) is 11.0. The molecule has 0 atom stereocenters. The average Bonchev–Trinajstić information content (AvgIpc) is 3.46. The molecule has 0 radical (unpaired) electrons. The summed E-state index contributed by atoms with van der Waals surface area (Å²) in [4.78, 5) is 15.7. The van der Waals surface area contributed by atoms with Crippen LogP contribution in [0.25, 0.3) is 22.3 Å². The van der Waals surface area contributed by atoms with Crippen molar-refractivity contribution in [3.63, 3.8) is 0 Å². The van der Waals surface area contributed by atoms with E-state index >= 15 is 0 Å². The Labute approximate surface area is 188 Å². The van der Waals surface area contributed by atoms with E-state index in [4.69, 9.17) is 4.98 Å². The Hall–Kier alpha value is -3.43. The number of nitrogens with zero attached hydrogens (tertiary/aromatic N) is 6. The number of aromatic nitrogens is 6. The summed E-state index contributed by atoms with van der Waals surface area (Å²) in [6, 6.07) is 5.52. The number of hydrogen-bond acceptors (Lipinski definition) is 5. The summed E-state index contributed by atoms with van der Waals surface area (Å²) in [6.07, 6.45) is 2.51. The van der Waals surface area contributed by atoms with Gasteiger partial charge in [0.25, 0.3) is 0 Å². The van der Waals surface area contributed by atoms with E-state index in [-0.39, 0.29) is 12.0 Å². The van der Waals surface area contributed by atoms with Crippen LogP contribution < -0.4 is 4.90 Å². The van der Waals surface area contributed by atoms with Gasteiger partial charge in [0.05, 0.1) is 22.8 Å². The predicted octanol–water partition coefficient (Wildman–Crippen LogP) is 5.20. The van der Waals surface area contributed by atoms with E-state index in [9.17, 15) is 13.2 Å². The Bertz CT molecular complexity index is 1270. The Morgan fingerprint density at radius 2 is 1.91 bits per heavy atom. The third-order valence-corrected chi connectivity index (χ3v) is 6.19. The maximum atomic E-state index is 13.2. The van der Waals surface area contributed by atoms with Crippen LogP contribution in [0.3, 0.4) is 0 Å². The highest BCUT2D eigenvalue weighted by atomic mass is 19.4. The van der Waals surface area contributed by atoms with Crippen molar-refractivity contribution < 1.29 is 13.2 Å². The minimum absolute atomic E-state index is 0.150. The zero-order valence-electron chi connectivity index (χ0n) is 18.3. The minimum atomic E-state index is -4.38. The summed E-state index contributed by atoms with van der Waals surface area (Å²) in [7, 11) is 0. The van der Waals surface area contributed by atoms with Gasteiger partial charge in [-0.2, -0.15) is 18.3 Å². The lowest BCUT2D eigenvalue weighted by Crippen LogP contribution is -2.34. The van der Waals surface area contributed by atoms with Gasteiger partial charge < -0.3 is 9.47 Å². The van der Waals surface area contributed by atoms with Crippen LogP contribution in [0, 0.1) is 0 Å². The summed E-state index contributed by atoms with van der Waals surface area (Å²) >= 11 is 0. The zero-order chi connectivity index (χ0) is 23.2. The molecule has 172 valence electrons. The molecule has 0 aliphatic carbocycles. The smallest absolute Gasteiger partial charge is 0.356 e. The summed E-state index contributed by atoms with van der Waals surface area (Å²) in [5.41, 5.74) is 1.10. The monoisotopic (exact) mass is 455 g/mol. The fourth-order valence-electron chi connectivity index (χ4n) is 4.47.